The van der Waals surface area contributed by atoms with Crippen LogP contribution in [0.15, 0.2) is 124 Å². The van der Waals surface area contributed by atoms with Crippen molar-refractivity contribution < 1.29 is 100 Å². The number of aliphatic carboxylic acids is 1. The van der Waals surface area contributed by atoms with Crippen LogP contribution in [0, 0.1) is 17.2 Å². The number of nitrogens with two attached hydrogens (primary N) is 3. The van der Waals surface area contributed by atoms with Crippen LogP contribution in [-0.2, 0) is 83.7 Å². The number of anilines is 2. The van der Waals surface area contributed by atoms with Crippen molar-refractivity contribution in [2.75, 3.05) is 70.2 Å². The maximum Gasteiger partial charge on any atom is 0.326 e. The minimum absolute atomic E-state index is 0.00918. The number of carboxylic acids is 1. The molecule has 5 aromatic carbocycles. The van der Waals surface area contributed by atoms with Crippen LogP contribution in [0.1, 0.15) is 134 Å². The number of carboxylic acid groups (broad SMARTS) is 1. The summed E-state index contributed by atoms with van der Waals surface area (Å²) in [4.78, 5) is 207. The predicted molar refractivity (Wildman–Crippen MR) is 462 cm³/mol. The zero-order chi connectivity index (χ0) is 92.9. The fourth-order valence-electron chi connectivity index (χ4n) is 13.3. The lowest BCUT2D eigenvalue weighted by atomic mass is 9.96. The Morgan fingerprint density at radius 3 is 1.69 bits per heavy atom. The first kappa shape index (κ1) is 101. The SMILES string of the molecule is CCC(C)[C@H](NC(=O)[C@@H]1CCCN1C(=O)[C@H](Cc1ccc(O)cc1)NC(=O)[C@H](CC(N)=O)NC(=O)[C@H](CCC(N)=O)NC(=O)[C@H](CO)NC(=O)CCCNC(=O)c1ccc(N=Nc2ccc(N(C)C)cc2)cc1)C(=O)N[C@H](C(=O)NCCCC(=O)N[C@@H](CCC(=O)NCCNc1cccc2c(S(=O)(=O)O)cccc12)C(=O)N[C@@H](CCCNC(=N)N)C(=O)O)C(C)C. The standard InChI is InChI=1S/C83H115N21O21S/c1-7-48(4)72(80(119)99-71(47(2)3)79(118)91-39-12-20-69(110)93-58(74(113)96-60(82(121)122)17-10-40-92-83(86)87)35-37-68(109)89-42-41-88-57-16-8-15-56-55(57)14-9-19-65(56)126(123,124)125)100-78(117)64-18-13-43-104(64)81(120)62(44-49-22-32-54(106)33-23-49)98-76(115)61(45-67(85)108)97-75(114)59(34-36-66(84)107)95-77(116)63(46-105)94-70(111)21-11-38-90-73(112)50-24-26-51(27-25-50)101-102-52-28-30-53(31-29-52)103(5)6/h8-9,14-16,19,22-33,47-48,58-64,71-72,88,105-106H,7,10-13,17-18,20-21,34-46H2,1-6H3,(H2,84,107)(H2,85,108)(H,89,109)(H,90,112)(H,91,118)(H,93,110)(H,94,111)(H,95,116)(H,96,113)(H,97,114)(H,98,115)(H,99,119)(H,100,117)(H,121,122)(H4,86,87,92)(H,123,124,125)/t48?,58-,59-,60-,61-,62-,63-,64-,71-,72-/m0/s1. The van der Waals surface area contributed by atoms with Crippen LogP contribution < -0.4 is 91.2 Å². The molecule has 24 N–H and O–H groups in total. The number of hydrogen-bond acceptors (Lipinski definition) is 24. The predicted octanol–water partition coefficient (Wildman–Crippen LogP) is -0.0163. The van der Waals surface area contributed by atoms with E-state index in [9.17, 15) is 95.4 Å². The fraction of sp³-hybridized carbons (Fsp3) is 0.470. The van der Waals surface area contributed by atoms with Crippen LogP contribution in [0.25, 0.3) is 10.8 Å². The van der Waals surface area contributed by atoms with E-state index in [0.29, 0.717) is 40.0 Å². The molecule has 684 valence electrons. The lowest BCUT2D eigenvalue weighted by molar-refractivity contribution is -0.143. The zero-order valence-electron chi connectivity index (χ0n) is 71.0. The van der Waals surface area contributed by atoms with Crippen LogP contribution in [-0.4, -0.2) is 242 Å². The number of phenols is 1. The molecule has 6 rings (SSSR count). The van der Waals surface area contributed by atoms with Crippen molar-refractivity contribution in [2.45, 2.75) is 183 Å². The summed E-state index contributed by atoms with van der Waals surface area (Å²) in [7, 11) is -0.724. The molecule has 5 aromatic rings. The van der Waals surface area contributed by atoms with Crippen molar-refractivity contribution in [2.24, 2.45) is 39.3 Å². The molecule has 126 heavy (non-hydrogen) atoms. The van der Waals surface area contributed by atoms with Gasteiger partial charge in [-0.3, -0.25) is 77.1 Å². The van der Waals surface area contributed by atoms with Gasteiger partial charge in [0.2, 0.25) is 76.8 Å². The number of likely N-dealkylation sites (tertiary alicyclic amines) is 1. The summed E-state index contributed by atoms with van der Waals surface area (Å²) in [6, 6.07) is 14.5. The van der Waals surface area contributed by atoms with Gasteiger partial charge in [0, 0.05) is 113 Å². The molecule has 1 fully saturated rings. The van der Waals surface area contributed by atoms with Gasteiger partial charge in [-0.25, -0.2) is 4.79 Å². The Bertz CT molecular complexity index is 4810. The van der Waals surface area contributed by atoms with Gasteiger partial charge < -0.3 is 111 Å². The molecule has 0 radical (unpaired) electrons. The second-order valence-electron chi connectivity index (χ2n) is 30.7. The normalized spacial score (nSPS) is 14.6. The van der Waals surface area contributed by atoms with Gasteiger partial charge in [-0.2, -0.15) is 18.6 Å². The van der Waals surface area contributed by atoms with E-state index < -0.39 is 191 Å². The molecule has 43 heteroatoms. The third-order valence-electron chi connectivity index (χ3n) is 20.4. The summed E-state index contributed by atoms with van der Waals surface area (Å²) < 4.78 is 33.8. The zero-order valence-corrected chi connectivity index (χ0v) is 71.8. The van der Waals surface area contributed by atoms with Gasteiger partial charge in [-0.05, 0) is 142 Å². The van der Waals surface area contributed by atoms with Crippen LogP contribution >= 0.6 is 0 Å². The third-order valence-corrected chi connectivity index (χ3v) is 21.3. The fourth-order valence-corrected chi connectivity index (χ4v) is 14.0. The van der Waals surface area contributed by atoms with E-state index in [1.54, 1.807) is 70.2 Å². The smallest absolute Gasteiger partial charge is 0.326 e. The number of azo groups is 1. The lowest BCUT2D eigenvalue weighted by Crippen LogP contribution is -2.61. The van der Waals surface area contributed by atoms with Crippen molar-refractivity contribution >= 4 is 138 Å². The van der Waals surface area contributed by atoms with E-state index in [1.807, 2.05) is 43.3 Å². The largest absolute Gasteiger partial charge is 0.508 e. The van der Waals surface area contributed by atoms with Gasteiger partial charge in [-0.1, -0.05) is 70.5 Å². The van der Waals surface area contributed by atoms with Gasteiger partial charge in [0.15, 0.2) is 5.96 Å². The Hall–Kier alpha value is -13.4. The highest BCUT2D eigenvalue weighted by atomic mass is 32.2. The molecule has 0 aromatic heterocycles. The second kappa shape index (κ2) is 50.3. The van der Waals surface area contributed by atoms with Crippen molar-refractivity contribution in [3.8, 4) is 5.75 Å². The average molecular weight is 1780 g/mol. The number of carbonyl (C=O) groups excluding carboxylic acids is 14. The number of primary amides is 2. The molecule has 0 aliphatic carbocycles. The molecule has 0 spiro atoms. The first-order chi connectivity index (χ1) is 59.8. The Labute approximate surface area is 728 Å². The number of aliphatic hydroxyl groups is 1. The van der Waals surface area contributed by atoms with Gasteiger partial charge in [-0.15, -0.1) is 0 Å². The Balaban J connectivity index is 1.05. The van der Waals surface area contributed by atoms with E-state index >= 15 is 4.79 Å². The van der Waals surface area contributed by atoms with Gasteiger partial charge >= 0.3 is 5.97 Å². The van der Waals surface area contributed by atoms with Crippen LogP contribution in [0.5, 0.6) is 5.75 Å². The van der Waals surface area contributed by atoms with Crippen LogP contribution in [0.3, 0.4) is 0 Å². The van der Waals surface area contributed by atoms with Crippen LogP contribution in [0.4, 0.5) is 22.7 Å². The van der Waals surface area contributed by atoms with Crippen LogP contribution in [0.2, 0.25) is 0 Å². The molecule has 1 aliphatic rings. The van der Waals surface area contributed by atoms with Gasteiger partial charge in [0.1, 0.15) is 65.0 Å². The molecule has 42 nitrogen and oxygen atoms in total. The molecule has 1 saturated heterocycles. The number of phenolic OH excluding ortho intramolecular Hbond substituents is 1. The van der Waals surface area contributed by atoms with E-state index in [2.05, 4.69) is 79.3 Å². The molecule has 0 bridgehead atoms. The summed E-state index contributed by atoms with van der Waals surface area (Å²) in [5.41, 5.74) is 19.6. The highest BCUT2D eigenvalue weighted by Crippen LogP contribution is 2.30. The number of fused-ring (bicyclic) bond motifs is 1. The highest BCUT2D eigenvalue weighted by molar-refractivity contribution is 7.86. The maximum atomic E-state index is 15.0. The van der Waals surface area contributed by atoms with Gasteiger partial charge in [0.05, 0.1) is 24.4 Å². The molecule has 10 atom stereocenters. The van der Waals surface area contributed by atoms with E-state index in [0.717, 1.165) is 5.69 Å². The van der Waals surface area contributed by atoms with Crippen molar-refractivity contribution in [1.82, 2.24) is 68.7 Å². The highest BCUT2D eigenvalue weighted by Gasteiger charge is 2.42. The molecule has 14 amide bonds. The summed E-state index contributed by atoms with van der Waals surface area (Å²) in [6.07, 6.45) is -2.91. The molecular weight excluding hydrogens is 1660 g/mol. The molecule has 1 unspecified atom stereocenters. The van der Waals surface area contributed by atoms with Crippen molar-refractivity contribution in [3.63, 3.8) is 0 Å². The van der Waals surface area contributed by atoms with E-state index in [1.165, 1.54) is 47.4 Å². The molecule has 1 heterocycles. The quantitative estimate of drug-likeness (QED) is 0.00800. The number of aromatic hydroxyl groups is 1. The van der Waals surface area contributed by atoms with E-state index in [-0.39, 0.29) is 132 Å². The van der Waals surface area contributed by atoms with Crippen molar-refractivity contribution in [3.05, 3.63) is 120 Å². The first-order valence-corrected chi connectivity index (χ1v) is 42.5. The number of aliphatic hydroxyl groups excluding tert-OH is 1. The molecular formula is C83H115N21O21S. The monoisotopic (exact) mass is 1770 g/mol. The molecule has 0 saturated carbocycles. The Morgan fingerprint density at radius 2 is 1.10 bits per heavy atom. The first-order valence-electron chi connectivity index (χ1n) is 41.1. The average Bonchev–Trinajstić information content (AvgIpc) is 0.993. The third kappa shape index (κ3) is 33.3. The summed E-state index contributed by atoms with van der Waals surface area (Å²) in [6.45, 7) is 5.72. The number of amides is 14. The lowest BCUT2D eigenvalue weighted by Gasteiger charge is -2.32. The minimum atomic E-state index is -4.55. The summed E-state index contributed by atoms with van der Waals surface area (Å²) in [5, 5.41) is 80.6. The number of benzene rings is 5. The second-order valence-corrected chi connectivity index (χ2v) is 32.1. The van der Waals surface area contributed by atoms with E-state index in [4.69, 9.17) is 22.6 Å². The van der Waals surface area contributed by atoms with Gasteiger partial charge in [0.25, 0.3) is 16.0 Å². The number of nitrogens with zero attached hydrogens (tertiary/aromatic N) is 4. The number of rotatable bonds is 52. The van der Waals surface area contributed by atoms with Crippen molar-refractivity contribution in [1.29, 1.82) is 5.41 Å². The number of nitrogens with one attached hydrogen (secondary N) is 14. The Kier molecular flexibility index (Phi) is 40.5. The summed E-state index contributed by atoms with van der Waals surface area (Å²) >= 11 is 0. The topological polar surface area (TPSA) is 661 Å². The Morgan fingerprint density at radius 1 is 0.548 bits per heavy atom. The molecule has 1 aliphatic heterocycles. The number of hydrogen-bond donors (Lipinski definition) is 21. The summed E-state index contributed by atoms with van der Waals surface area (Å²) in [5.74, 6) is -15.3. The minimum Gasteiger partial charge on any atom is -0.508 e. The number of carbonyl (C=O) groups is 15. The maximum absolute atomic E-state index is 15.0. The number of guanidine groups is 1.